The summed E-state index contributed by atoms with van der Waals surface area (Å²) in [7, 11) is 0. The van der Waals surface area contributed by atoms with Gasteiger partial charge >= 0.3 is 0 Å². The maximum Gasteiger partial charge on any atom is 0.253 e. The molecule has 6 amide bonds. The van der Waals surface area contributed by atoms with Crippen LogP contribution in [0.1, 0.15) is 12.8 Å². The van der Waals surface area contributed by atoms with Gasteiger partial charge in [0.15, 0.2) is 0 Å². The largest absolute Gasteiger partial charge is 0.377 e. The van der Waals surface area contributed by atoms with Crippen LogP contribution in [0.2, 0.25) is 0 Å². The topological polar surface area (TPSA) is 170 Å². The van der Waals surface area contributed by atoms with Crippen LogP contribution in [-0.2, 0) is 47.7 Å². The first kappa shape index (κ1) is 30.8. The summed E-state index contributed by atoms with van der Waals surface area (Å²) in [4.78, 5) is 71.1. The average Bonchev–Trinajstić information content (AvgIpc) is 3.39. The second kappa shape index (κ2) is 17.9. The number of imide groups is 2. The first-order chi connectivity index (χ1) is 18.4. The maximum absolute atomic E-state index is 11.7. The quantitative estimate of drug-likeness (QED) is 0.122. The summed E-state index contributed by atoms with van der Waals surface area (Å²) in [5.41, 5.74) is 0. The minimum atomic E-state index is -0.410. The molecule has 14 nitrogen and oxygen atoms in total. The van der Waals surface area contributed by atoms with Gasteiger partial charge < -0.3 is 29.6 Å². The van der Waals surface area contributed by atoms with E-state index in [0.29, 0.717) is 65.9 Å². The maximum atomic E-state index is 11.7. The summed E-state index contributed by atoms with van der Waals surface area (Å²) in [5, 5.41) is 5.30. The minimum Gasteiger partial charge on any atom is -0.377 e. The molecule has 0 aromatic heterocycles. The highest BCUT2D eigenvalue weighted by atomic mass is 16.6. The van der Waals surface area contributed by atoms with Gasteiger partial charge in [-0.2, -0.15) is 0 Å². The third-order valence-electron chi connectivity index (χ3n) is 5.18. The number of carbonyl (C=O) groups is 6. The molecular formula is C24H34N4O10. The Kier molecular flexibility index (Phi) is 14.5. The summed E-state index contributed by atoms with van der Waals surface area (Å²) < 4.78 is 21.4. The van der Waals surface area contributed by atoms with E-state index in [4.69, 9.17) is 18.9 Å². The Hall–Kier alpha value is -3.46. The van der Waals surface area contributed by atoms with Crippen LogP contribution in [0.4, 0.5) is 0 Å². The lowest BCUT2D eigenvalue weighted by Gasteiger charge is -2.13. The van der Waals surface area contributed by atoms with Gasteiger partial charge in [-0.1, -0.05) is 0 Å². The van der Waals surface area contributed by atoms with Gasteiger partial charge in [-0.05, 0) is 0 Å². The van der Waals surface area contributed by atoms with Crippen LogP contribution in [0, 0.1) is 0 Å². The van der Waals surface area contributed by atoms with Crippen LogP contribution in [-0.4, -0.2) is 124 Å². The number of ether oxygens (including phenoxy) is 4. The predicted octanol–water partition coefficient (Wildman–Crippen LogP) is -2.08. The zero-order valence-electron chi connectivity index (χ0n) is 21.2. The monoisotopic (exact) mass is 538 g/mol. The number of nitrogens with zero attached hydrogens (tertiary/aromatic N) is 2. The molecule has 0 aromatic carbocycles. The molecule has 14 heteroatoms. The summed E-state index contributed by atoms with van der Waals surface area (Å²) in [6.07, 6.45) is 4.79. The van der Waals surface area contributed by atoms with Crippen molar-refractivity contribution in [2.75, 3.05) is 79.0 Å². The van der Waals surface area contributed by atoms with Crippen molar-refractivity contribution in [1.29, 1.82) is 0 Å². The lowest BCUT2D eigenvalue weighted by atomic mass is 10.3. The number of hydrogen-bond acceptors (Lipinski definition) is 10. The molecule has 2 aliphatic heterocycles. The Morgan fingerprint density at radius 3 is 1.13 bits per heavy atom. The van der Waals surface area contributed by atoms with Crippen molar-refractivity contribution in [1.82, 2.24) is 20.4 Å². The number of carbonyl (C=O) groups excluding carboxylic acids is 6. The Bertz CT molecular complexity index is 797. The van der Waals surface area contributed by atoms with E-state index < -0.39 is 23.6 Å². The molecule has 2 heterocycles. The Balaban J connectivity index is 1.27. The molecule has 2 aliphatic rings. The molecule has 0 saturated carbocycles. The summed E-state index contributed by atoms with van der Waals surface area (Å²) >= 11 is 0. The second-order valence-corrected chi connectivity index (χ2v) is 7.97. The average molecular weight is 539 g/mol. The van der Waals surface area contributed by atoms with Crippen molar-refractivity contribution >= 4 is 35.4 Å². The predicted molar refractivity (Wildman–Crippen MR) is 130 cm³/mol. The Morgan fingerprint density at radius 2 is 0.816 bits per heavy atom. The van der Waals surface area contributed by atoms with Crippen molar-refractivity contribution in [2.45, 2.75) is 12.8 Å². The highest BCUT2D eigenvalue weighted by Crippen LogP contribution is 2.04. The summed E-state index contributed by atoms with van der Waals surface area (Å²) in [6.45, 7) is 3.55. The molecule has 0 aromatic rings. The van der Waals surface area contributed by atoms with Crippen molar-refractivity contribution in [3.63, 3.8) is 0 Å². The van der Waals surface area contributed by atoms with Crippen LogP contribution in [0.15, 0.2) is 24.3 Å². The molecule has 0 fully saturated rings. The fourth-order valence-electron chi connectivity index (χ4n) is 3.19. The number of hydrogen-bond donors (Lipinski definition) is 2. The van der Waals surface area contributed by atoms with Crippen LogP contribution >= 0.6 is 0 Å². The van der Waals surface area contributed by atoms with Crippen LogP contribution in [0.5, 0.6) is 0 Å². The Morgan fingerprint density at radius 1 is 0.526 bits per heavy atom. The third kappa shape index (κ3) is 12.2. The standard InChI is InChI=1S/C24H34N4O10/c29-19(5-9-27-21(31)1-2-22(27)32)25-7-11-35-13-15-37-17-18-38-16-14-36-12-8-26-20(30)6-10-28-23(33)3-4-24(28)34/h1-4H,5-18H2,(H,25,29)(H,26,30). The van der Waals surface area contributed by atoms with Crippen LogP contribution in [0.25, 0.3) is 0 Å². The number of rotatable bonds is 21. The fraction of sp³-hybridized carbons (Fsp3) is 0.583. The van der Waals surface area contributed by atoms with Crippen molar-refractivity contribution in [3.8, 4) is 0 Å². The fourth-order valence-corrected chi connectivity index (χ4v) is 3.19. The first-order valence-corrected chi connectivity index (χ1v) is 12.3. The molecule has 0 aliphatic carbocycles. The number of amides is 6. The third-order valence-corrected chi connectivity index (χ3v) is 5.18. The van der Waals surface area contributed by atoms with Crippen molar-refractivity contribution in [3.05, 3.63) is 24.3 Å². The normalized spacial score (nSPS) is 14.7. The lowest BCUT2D eigenvalue weighted by Crippen LogP contribution is -2.35. The van der Waals surface area contributed by atoms with Crippen LogP contribution < -0.4 is 10.6 Å². The van der Waals surface area contributed by atoms with Gasteiger partial charge in [0.2, 0.25) is 11.8 Å². The van der Waals surface area contributed by atoms with Crippen molar-refractivity contribution in [2.24, 2.45) is 0 Å². The molecule has 38 heavy (non-hydrogen) atoms. The molecule has 2 N–H and O–H groups in total. The van der Waals surface area contributed by atoms with E-state index in [1.165, 1.54) is 24.3 Å². The lowest BCUT2D eigenvalue weighted by molar-refractivity contribution is -0.139. The smallest absolute Gasteiger partial charge is 0.253 e. The van der Waals surface area contributed by atoms with Gasteiger partial charge in [0.05, 0.1) is 52.9 Å². The highest BCUT2D eigenvalue weighted by Gasteiger charge is 2.24. The first-order valence-electron chi connectivity index (χ1n) is 12.3. The molecule has 0 bridgehead atoms. The van der Waals surface area contributed by atoms with Crippen LogP contribution in [0.3, 0.4) is 0 Å². The van der Waals surface area contributed by atoms with E-state index in [0.717, 1.165) is 9.80 Å². The van der Waals surface area contributed by atoms with E-state index in [2.05, 4.69) is 10.6 Å². The van der Waals surface area contributed by atoms with Gasteiger partial charge in [-0.3, -0.25) is 38.6 Å². The van der Waals surface area contributed by atoms with E-state index in [1.807, 2.05) is 0 Å². The van der Waals surface area contributed by atoms with Gasteiger partial charge in [0, 0.05) is 63.3 Å². The summed E-state index contributed by atoms with van der Waals surface area (Å²) in [6, 6.07) is 0. The Labute approximate surface area is 220 Å². The van der Waals surface area contributed by atoms with Gasteiger partial charge in [-0.15, -0.1) is 0 Å². The second-order valence-electron chi connectivity index (χ2n) is 7.97. The van der Waals surface area contributed by atoms with Gasteiger partial charge in [-0.25, -0.2) is 0 Å². The zero-order valence-corrected chi connectivity index (χ0v) is 21.2. The molecule has 2 rings (SSSR count). The molecule has 210 valence electrons. The SMILES string of the molecule is O=C(CCN1C(=O)C=CC1=O)NCCOCCOCCOCCOCCNC(=O)CCN1C(=O)C=CC1=O. The number of nitrogens with one attached hydrogen (secondary N) is 2. The molecule has 0 atom stereocenters. The molecular weight excluding hydrogens is 504 g/mol. The van der Waals surface area contributed by atoms with Crippen molar-refractivity contribution < 1.29 is 47.7 Å². The van der Waals surface area contributed by atoms with E-state index in [9.17, 15) is 28.8 Å². The van der Waals surface area contributed by atoms with Gasteiger partial charge in [0.1, 0.15) is 0 Å². The molecule has 0 radical (unpaired) electrons. The minimum absolute atomic E-state index is 0.0369. The van der Waals surface area contributed by atoms with E-state index in [1.54, 1.807) is 0 Å². The van der Waals surface area contributed by atoms with E-state index in [-0.39, 0.29) is 37.7 Å². The van der Waals surface area contributed by atoms with Gasteiger partial charge in [0.25, 0.3) is 23.6 Å². The molecule has 0 spiro atoms. The zero-order chi connectivity index (χ0) is 27.6. The van der Waals surface area contributed by atoms with E-state index >= 15 is 0 Å². The molecule has 0 saturated heterocycles. The summed E-state index contributed by atoms with van der Waals surface area (Å²) in [5.74, 6) is -2.18. The highest BCUT2D eigenvalue weighted by molar-refractivity contribution is 6.13. The molecule has 0 unspecified atom stereocenters.